The quantitative estimate of drug-likeness (QED) is 0.407. The lowest BCUT2D eigenvalue weighted by molar-refractivity contribution is -0.823. The third kappa shape index (κ3) is 3.93. The van der Waals surface area contributed by atoms with Gasteiger partial charge in [0, 0.05) is 25.4 Å². The van der Waals surface area contributed by atoms with E-state index in [4.69, 9.17) is 4.21 Å². The van der Waals surface area contributed by atoms with Crippen LogP contribution in [0.4, 0.5) is 4.79 Å². The molecule has 0 aliphatic carbocycles. The highest BCUT2D eigenvalue weighted by atomic mass is 32.1. The maximum absolute atomic E-state index is 12.4. The lowest BCUT2D eigenvalue weighted by Crippen LogP contribution is -2.87. The van der Waals surface area contributed by atoms with E-state index in [0.717, 1.165) is 31.0 Å². The Morgan fingerprint density at radius 1 is 1.26 bits per heavy atom. The Hall–Kier alpha value is -1.40. The standard InChI is InChI=1S/C12H20N4O5.OS/c17-11(14-8-3-5-13-6-4-8)10-2-1-9-7-15(10)12(18)16(9)20-21-19;1-2/h8-10,13,19H,1-7H2,(H,14,17);/t9-,10+;/m1./s1. The molecule has 3 N–H and O–H groups in total. The summed E-state index contributed by atoms with van der Waals surface area (Å²) in [5, 5.41) is 19.6. The second-order valence-corrected chi connectivity index (χ2v) is 5.80. The fourth-order valence-electron chi connectivity index (χ4n) is 3.40. The highest BCUT2D eigenvalue weighted by molar-refractivity contribution is 7.44. The number of carbonyl (C=O) groups is 2. The van der Waals surface area contributed by atoms with Crippen LogP contribution >= 0.6 is 0 Å². The average molecular weight is 348 g/mol. The third-order valence-electron chi connectivity index (χ3n) is 4.52. The summed E-state index contributed by atoms with van der Waals surface area (Å²) < 4.78 is 7.83. The number of fused-ring (bicyclic) bond motifs is 2. The normalized spacial score (nSPS) is 27.4. The van der Waals surface area contributed by atoms with Gasteiger partial charge >= 0.3 is 6.03 Å². The Balaban J connectivity index is 0.000000924. The van der Waals surface area contributed by atoms with Crippen molar-refractivity contribution in [1.29, 1.82) is 0 Å². The summed E-state index contributed by atoms with van der Waals surface area (Å²) in [6.45, 7) is 2.42. The molecule has 2 atom stereocenters. The highest BCUT2D eigenvalue weighted by Gasteiger charge is 2.48. The molecule has 3 aliphatic rings. The number of nitrogens with two attached hydrogens (primary N) is 1. The number of carbonyl (C=O) groups excluding carboxylic acids is 2. The van der Waals surface area contributed by atoms with Gasteiger partial charge in [-0.3, -0.25) is 9.83 Å². The van der Waals surface area contributed by atoms with E-state index in [2.05, 4.69) is 33.2 Å². The molecule has 3 saturated heterocycles. The Morgan fingerprint density at radius 2 is 1.96 bits per heavy atom. The van der Waals surface area contributed by atoms with Crippen LogP contribution in [0.5, 0.6) is 0 Å². The number of piperidine rings is 2. The van der Waals surface area contributed by atoms with E-state index in [1.165, 1.54) is 4.90 Å². The van der Waals surface area contributed by atoms with Crippen LogP contribution in [0.3, 0.4) is 0 Å². The number of hydrogen-bond acceptors (Lipinski definition) is 7. The molecule has 0 unspecified atom stereocenters. The van der Waals surface area contributed by atoms with Crippen molar-refractivity contribution in [3.05, 3.63) is 0 Å². The van der Waals surface area contributed by atoms with Crippen LogP contribution in [0.15, 0.2) is 0 Å². The first-order chi connectivity index (χ1) is 11.2. The topological polar surface area (TPSA) is 128 Å². The first kappa shape index (κ1) is 17.9. The lowest BCUT2D eigenvalue weighted by Gasteiger charge is -2.31. The molecule has 130 valence electrons. The average Bonchev–Trinajstić information content (AvgIpc) is 2.83. The number of urea groups is 1. The molecule has 11 heteroatoms. The number of amides is 3. The molecule has 3 fully saturated rings. The summed E-state index contributed by atoms with van der Waals surface area (Å²) >= 11 is 2.83. The summed E-state index contributed by atoms with van der Waals surface area (Å²) in [5.74, 6) is -0.112. The first-order valence-corrected chi connectivity index (χ1v) is 7.89. The Morgan fingerprint density at radius 3 is 2.61 bits per heavy atom. The maximum Gasteiger partial charge on any atom is 0.347 e. The van der Waals surface area contributed by atoms with Crippen molar-refractivity contribution < 1.29 is 34.4 Å². The van der Waals surface area contributed by atoms with Gasteiger partial charge in [-0.2, -0.15) is 9.27 Å². The molecule has 10 nitrogen and oxygen atoms in total. The van der Waals surface area contributed by atoms with Crippen LogP contribution in [0.1, 0.15) is 25.7 Å². The molecular weight excluding hydrogens is 328 g/mol. The van der Waals surface area contributed by atoms with Gasteiger partial charge in [0.05, 0.1) is 19.1 Å². The van der Waals surface area contributed by atoms with Crippen LogP contribution in [0.25, 0.3) is 0 Å². The largest absolute Gasteiger partial charge is 0.690 e. The van der Waals surface area contributed by atoms with E-state index < -0.39 is 12.1 Å². The van der Waals surface area contributed by atoms with Crippen LogP contribution in [-0.4, -0.2) is 63.9 Å². The van der Waals surface area contributed by atoms with Gasteiger partial charge in [0.2, 0.25) is 5.91 Å². The number of nitrogens with one attached hydrogen (secondary N) is 1. The molecule has 3 heterocycles. The fraction of sp³-hybridized carbons (Fsp3) is 0.833. The van der Waals surface area contributed by atoms with Gasteiger partial charge in [-0.1, -0.05) is 0 Å². The van der Waals surface area contributed by atoms with Gasteiger partial charge in [0.1, 0.15) is 6.04 Å². The Bertz CT molecular complexity index is 436. The molecule has 0 aromatic carbocycles. The zero-order chi connectivity index (χ0) is 16.8. The molecule has 0 aromatic heterocycles. The predicted molar refractivity (Wildman–Crippen MR) is 73.9 cm³/mol. The minimum absolute atomic E-state index is 0.112. The van der Waals surface area contributed by atoms with Crippen molar-refractivity contribution in [1.82, 2.24) is 15.3 Å². The SMILES string of the molecule is O=C(NC1CC[NH2+]CC1)[C@@H]1CC[C@@H]2CN1C(=O)N2OO[O-].O=S. The molecule has 23 heavy (non-hydrogen) atoms. The van der Waals surface area contributed by atoms with E-state index in [0.29, 0.717) is 19.4 Å². The molecule has 2 bridgehead atoms. The first-order valence-electron chi connectivity index (χ1n) is 7.56. The monoisotopic (exact) mass is 348 g/mol. The molecule has 0 radical (unpaired) electrons. The third-order valence-corrected chi connectivity index (χ3v) is 4.52. The van der Waals surface area contributed by atoms with Gasteiger partial charge in [-0.25, -0.2) is 4.79 Å². The highest BCUT2D eigenvalue weighted by Crippen LogP contribution is 2.30. The predicted octanol–water partition coefficient (Wildman–Crippen LogP) is -3.10. The second kappa shape index (κ2) is 8.45. The number of hydroxylamine groups is 2. The van der Waals surface area contributed by atoms with Crippen LogP contribution in [0.2, 0.25) is 0 Å². The minimum Gasteiger partial charge on any atom is -0.690 e. The van der Waals surface area contributed by atoms with Gasteiger partial charge in [-0.05, 0) is 12.8 Å². The summed E-state index contributed by atoms with van der Waals surface area (Å²) in [7, 11) is 0. The molecular formula is C12H20N4O6S. The number of nitrogens with zero attached hydrogens (tertiary/aromatic N) is 2. The summed E-state index contributed by atoms with van der Waals surface area (Å²) in [6.07, 6.45) is 3.09. The van der Waals surface area contributed by atoms with Crippen molar-refractivity contribution in [3.8, 4) is 0 Å². The molecule has 0 spiro atoms. The van der Waals surface area contributed by atoms with Gasteiger partial charge < -0.3 is 20.8 Å². The zero-order valence-electron chi connectivity index (χ0n) is 12.5. The second-order valence-electron chi connectivity index (χ2n) is 5.80. The van der Waals surface area contributed by atoms with Crippen molar-refractivity contribution in [2.24, 2.45) is 0 Å². The summed E-state index contributed by atoms with van der Waals surface area (Å²) in [5.41, 5.74) is 0. The van der Waals surface area contributed by atoms with Gasteiger partial charge in [0.25, 0.3) is 0 Å². The molecule has 0 aromatic rings. The number of rotatable bonds is 4. The van der Waals surface area contributed by atoms with Crippen molar-refractivity contribution in [3.63, 3.8) is 0 Å². The van der Waals surface area contributed by atoms with E-state index in [1.54, 1.807) is 0 Å². The van der Waals surface area contributed by atoms with Gasteiger partial charge in [-0.15, -0.1) is 4.99 Å². The van der Waals surface area contributed by atoms with Crippen LogP contribution < -0.4 is 15.9 Å². The van der Waals surface area contributed by atoms with E-state index in [1.807, 2.05) is 0 Å². The fourth-order valence-corrected chi connectivity index (χ4v) is 3.40. The van der Waals surface area contributed by atoms with Crippen LogP contribution in [0, 0.1) is 0 Å². The van der Waals surface area contributed by atoms with E-state index in [-0.39, 0.29) is 18.0 Å². The van der Waals surface area contributed by atoms with E-state index >= 15 is 0 Å². The summed E-state index contributed by atoms with van der Waals surface area (Å²) in [4.78, 5) is 30.3. The van der Waals surface area contributed by atoms with Crippen molar-refractivity contribution >= 4 is 24.5 Å². The van der Waals surface area contributed by atoms with Crippen molar-refractivity contribution in [2.45, 2.75) is 43.8 Å². The Kier molecular flexibility index (Phi) is 6.59. The molecule has 3 rings (SSSR count). The van der Waals surface area contributed by atoms with E-state index in [9.17, 15) is 14.8 Å². The molecule has 3 aliphatic heterocycles. The smallest absolute Gasteiger partial charge is 0.347 e. The maximum atomic E-state index is 12.4. The number of quaternary nitrogens is 1. The minimum atomic E-state index is -0.486. The van der Waals surface area contributed by atoms with Crippen molar-refractivity contribution in [2.75, 3.05) is 19.6 Å². The summed E-state index contributed by atoms with van der Waals surface area (Å²) in [6, 6.07) is -1.000. The van der Waals surface area contributed by atoms with Gasteiger partial charge in [0.15, 0.2) is 12.5 Å². The Labute approximate surface area is 138 Å². The molecule has 0 saturated carbocycles. The number of hydrogen-bond donors (Lipinski definition) is 2. The zero-order valence-corrected chi connectivity index (χ0v) is 13.3. The molecule has 3 amide bonds. The lowest BCUT2D eigenvalue weighted by atomic mass is 9.99. The van der Waals surface area contributed by atoms with Crippen LogP contribution in [-0.2, 0) is 27.4 Å².